The minimum atomic E-state index is -4.14. The van der Waals surface area contributed by atoms with Crippen molar-refractivity contribution in [2.75, 3.05) is 10.5 Å². The van der Waals surface area contributed by atoms with Gasteiger partial charge in [-0.25, -0.2) is 12.8 Å². The van der Waals surface area contributed by atoms with Crippen LogP contribution in [0.2, 0.25) is 0 Å². The molecule has 4 nitrogen and oxygen atoms in total. The lowest BCUT2D eigenvalue weighted by Gasteiger charge is -2.14. The topological polar surface area (TPSA) is 72.2 Å². The summed E-state index contributed by atoms with van der Waals surface area (Å²) in [6, 6.07) is 7.21. The van der Waals surface area contributed by atoms with Crippen LogP contribution in [0.25, 0.3) is 0 Å². The second-order valence-electron chi connectivity index (χ2n) is 4.37. The zero-order valence-electron chi connectivity index (χ0n) is 10.8. The van der Waals surface area contributed by atoms with Crippen LogP contribution >= 0.6 is 31.9 Å². The summed E-state index contributed by atoms with van der Waals surface area (Å²) in [7, 11) is -4.14. The Morgan fingerprint density at radius 2 is 1.76 bits per heavy atom. The van der Waals surface area contributed by atoms with Crippen LogP contribution in [0.1, 0.15) is 5.56 Å². The fourth-order valence-corrected chi connectivity index (χ4v) is 4.96. The lowest BCUT2D eigenvalue weighted by molar-refractivity contribution is 0.572. The molecule has 0 aromatic heterocycles. The van der Waals surface area contributed by atoms with Crippen molar-refractivity contribution in [3.63, 3.8) is 0 Å². The van der Waals surface area contributed by atoms with E-state index in [1.165, 1.54) is 12.1 Å². The Bertz CT molecular complexity index is 767. The van der Waals surface area contributed by atoms with E-state index in [-0.39, 0.29) is 11.4 Å². The number of nitrogens with one attached hydrogen (secondary N) is 1. The molecule has 0 spiro atoms. The largest absolute Gasteiger partial charge is 0.398 e. The molecular formula is C13H11Br2FN2O2S. The first-order valence-electron chi connectivity index (χ1n) is 5.75. The minimum absolute atomic E-state index is 0.151. The van der Waals surface area contributed by atoms with Gasteiger partial charge >= 0.3 is 0 Å². The first-order chi connectivity index (χ1) is 9.72. The average molecular weight is 438 g/mol. The molecule has 0 bridgehead atoms. The first kappa shape index (κ1) is 16.3. The number of sulfonamides is 1. The number of aryl methyl sites for hydroxylation is 1. The first-order valence-corrected chi connectivity index (χ1v) is 8.82. The van der Waals surface area contributed by atoms with E-state index in [9.17, 15) is 12.8 Å². The molecule has 0 radical (unpaired) electrons. The van der Waals surface area contributed by atoms with Gasteiger partial charge < -0.3 is 5.73 Å². The van der Waals surface area contributed by atoms with E-state index < -0.39 is 20.7 Å². The molecule has 8 heteroatoms. The van der Waals surface area contributed by atoms with E-state index in [2.05, 4.69) is 36.6 Å². The maximum atomic E-state index is 13.8. The lowest BCUT2D eigenvalue weighted by Crippen LogP contribution is -2.17. The third-order valence-electron chi connectivity index (χ3n) is 2.69. The van der Waals surface area contributed by atoms with Gasteiger partial charge in [-0.1, -0.05) is 6.07 Å². The van der Waals surface area contributed by atoms with E-state index in [4.69, 9.17) is 5.73 Å². The maximum absolute atomic E-state index is 13.8. The molecule has 0 aliphatic heterocycles. The number of hydrogen-bond acceptors (Lipinski definition) is 3. The van der Waals surface area contributed by atoms with Crippen LogP contribution in [0.3, 0.4) is 0 Å². The van der Waals surface area contributed by atoms with Gasteiger partial charge in [-0.05, 0) is 68.6 Å². The van der Waals surface area contributed by atoms with E-state index in [1.54, 1.807) is 12.1 Å². The van der Waals surface area contributed by atoms with Crippen LogP contribution in [-0.4, -0.2) is 8.42 Å². The highest BCUT2D eigenvalue weighted by atomic mass is 79.9. The molecule has 0 saturated carbocycles. The van der Waals surface area contributed by atoms with Crippen LogP contribution in [-0.2, 0) is 10.0 Å². The van der Waals surface area contributed by atoms with Crippen LogP contribution in [0.4, 0.5) is 15.8 Å². The Hall–Kier alpha value is -1.12. The predicted octanol–water partition coefficient (Wildman–Crippen LogP) is 4.04. The molecule has 0 atom stereocenters. The average Bonchev–Trinajstić information content (AvgIpc) is 2.33. The summed E-state index contributed by atoms with van der Waals surface area (Å²) in [4.78, 5) is -0.565. The maximum Gasteiger partial charge on any atom is 0.266 e. The highest BCUT2D eigenvalue weighted by Gasteiger charge is 2.24. The SMILES string of the molecule is Cc1cc(Br)c(NS(=O)(=O)c2c(N)cccc2F)c(Br)c1. The van der Waals surface area contributed by atoms with Crippen molar-refractivity contribution in [1.82, 2.24) is 0 Å². The number of rotatable bonds is 3. The van der Waals surface area contributed by atoms with Gasteiger partial charge in [0.25, 0.3) is 10.0 Å². The van der Waals surface area contributed by atoms with Crippen molar-refractivity contribution >= 4 is 53.3 Å². The Morgan fingerprint density at radius 3 is 2.29 bits per heavy atom. The van der Waals surface area contributed by atoms with Crippen molar-refractivity contribution < 1.29 is 12.8 Å². The molecule has 3 N–H and O–H groups in total. The summed E-state index contributed by atoms with van der Waals surface area (Å²) in [5.74, 6) is -0.901. The van der Waals surface area contributed by atoms with Gasteiger partial charge in [-0.3, -0.25) is 4.72 Å². The van der Waals surface area contributed by atoms with Gasteiger partial charge in [0.1, 0.15) is 10.7 Å². The van der Waals surface area contributed by atoms with Crippen molar-refractivity contribution in [2.24, 2.45) is 0 Å². The monoisotopic (exact) mass is 436 g/mol. The summed E-state index contributed by atoms with van der Waals surface area (Å²) < 4.78 is 41.9. The quantitative estimate of drug-likeness (QED) is 0.711. The summed E-state index contributed by atoms with van der Waals surface area (Å²) >= 11 is 6.56. The molecule has 2 aromatic carbocycles. The Balaban J connectivity index is 2.53. The van der Waals surface area contributed by atoms with Crippen molar-refractivity contribution in [1.29, 1.82) is 0 Å². The number of nitrogens with two attached hydrogens (primary N) is 1. The van der Waals surface area contributed by atoms with E-state index in [1.807, 2.05) is 6.92 Å². The Labute approximate surface area is 138 Å². The number of anilines is 2. The smallest absolute Gasteiger partial charge is 0.266 e. The van der Waals surface area contributed by atoms with Gasteiger partial charge in [-0.2, -0.15) is 0 Å². The van der Waals surface area contributed by atoms with E-state index in [0.717, 1.165) is 11.6 Å². The summed E-state index contributed by atoms with van der Waals surface area (Å²) in [5, 5.41) is 0. The van der Waals surface area contributed by atoms with Crippen LogP contribution in [0.5, 0.6) is 0 Å². The summed E-state index contributed by atoms with van der Waals surface area (Å²) in [6.07, 6.45) is 0. The minimum Gasteiger partial charge on any atom is -0.398 e. The zero-order chi connectivity index (χ0) is 15.8. The van der Waals surface area contributed by atoms with Crippen LogP contribution in [0, 0.1) is 12.7 Å². The zero-order valence-corrected chi connectivity index (χ0v) is 14.8. The highest BCUT2D eigenvalue weighted by molar-refractivity contribution is 9.11. The standard InChI is InChI=1S/C13H11Br2FN2O2S/c1-7-5-8(14)12(9(15)6-7)18-21(19,20)13-10(16)3-2-4-11(13)17/h2-6,18H,17H2,1H3. The highest BCUT2D eigenvalue weighted by Crippen LogP contribution is 2.35. The van der Waals surface area contributed by atoms with Gasteiger partial charge in [-0.15, -0.1) is 0 Å². The van der Waals surface area contributed by atoms with Crippen LogP contribution in [0.15, 0.2) is 44.2 Å². The molecule has 0 aliphatic rings. The number of benzene rings is 2. The molecule has 0 amide bonds. The Morgan fingerprint density at radius 1 is 1.19 bits per heavy atom. The molecule has 0 heterocycles. The van der Waals surface area contributed by atoms with Crippen molar-refractivity contribution in [3.8, 4) is 0 Å². The second-order valence-corrected chi connectivity index (χ2v) is 7.70. The number of hydrogen-bond donors (Lipinski definition) is 2. The van der Waals surface area contributed by atoms with Crippen molar-refractivity contribution in [2.45, 2.75) is 11.8 Å². The van der Waals surface area contributed by atoms with Gasteiger partial charge in [0, 0.05) is 8.95 Å². The molecule has 0 aliphatic carbocycles. The number of nitrogen functional groups attached to an aromatic ring is 1. The van der Waals surface area contributed by atoms with Crippen molar-refractivity contribution in [3.05, 3.63) is 50.7 Å². The molecule has 0 saturated heterocycles. The summed E-state index contributed by atoms with van der Waals surface area (Å²) in [6.45, 7) is 1.86. The summed E-state index contributed by atoms with van der Waals surface area (Å²) in [5.41, 5.74) is 6.64. The molecule has 21 heavy (non-hydrogen) atoms. The third-order valence-corrected chi connectivity index (χ3v) is 5.38. The van der Waals surface area contributed by atoms with E-state index >= 15 is 0 Å². The van der Waals surface area contributed by atoms with Crippen LogP contribution < -0.4 is 10.5 Å². The van der Waals surface area contributed by atoms with Gasteiger partial charge in [0.05, 0.1) is 11.4 Å². The predicted molar refractivity (Wildman–Crippen MR) is 88.2 cm³/mol. The fraction of sp³-hybridized carbons (Fsp3) is 0.0769. The van der Waals surface area contributed by atoms with Gasteiger partial charge in [0.2, 0.25) is 0 Å². The fourth-order valence-electron chi connectivity index (χ4n) is 1.79. The second kappa shape index (κ2) is 5.94. The molecule has 0 unspecified atom stereocenters. The molecule has 2 aromatic rings. The third kappa shape index (κ3) is 3.38. The lowest BCUT2D eigenvalue weighted by atomic mass is 10.2. The van der Waals surface area contributed by atoms with E-state index in [0.29, 0.717) is 8.95 Å². The Kier molecular flexibility index (Phi) is 4.60. The molecule has 112 valence electrons. The molecular weight excluding hydrogens is 427 g/mol. The number of halogens is 3. The normalized spacial score (nSPS) is 11.4. The molecule has 2 rings (SSSR count). The molecule has 0 fully saturated rings. The van der Waals surface area contributed by atoms with Gasteiger partial charge in [0.15, 0.2) is 0 Å².